The van der Waals surface area contributed by atoms with E-state index in [4.69, 9.17) is 4.74 Å². The highest BCUT2D eigenvalue weighted by molar-refractivity contribution is 6.76. The first-order valence-corrected chi connectivity index (χ1v) is 16.6. The van der Waals surface area contributed by atoms with Crippen molar-refractivity contribution in [1.82, 2.24) is 29.5 Å². The summed E-state index contributed by atoms with van der Waals surface area (Å²) in [7, 11) is -1.16. The molecule has 0 aromatic carbocycles. The molecule has 0 atom stereocenters. The molecule has 192 valence electrons. The van der Waals surface area contributed by atoms with Gasteiger partial charge in [0.2, 0.25) is 0 Å². The van der Waals surface area contributed by atoms with Crippen LogP contribution in [0.25, 0.3) is 22.2 Å². The van der Waals surface area contributed by atoms with Crippen LogP contribution in [0.5, 0.6) is 0 Å². The number of likely N-dealkylation sites (tertiary alicyclic amines) is 1. The van der Waals surface area contributed by atoms with Crippen molar-refractivity contribution in [2.24, 2.45) is 0 Å². The second-order valence-electron chi connectivity index (χ2n) is 11.5. The molecule has 8 nitrogen and oxygen atoms in total. The Bertz CT molecular complexity index is 1250. The van der Waals surface area contributed by atoms with E-state index in [1.165, 1.54) is 6.20 Å². The fourth-order valence-electron chi connectivity index (χ4n) is 5.39. The third-order valence-corrected chi connectivity index (χ3v) is 9.26. The van der Waals surface area contributed by atoms with Crippen molar-refractivity contribution in [2.75, 3.05) is 32.8 Å². The Morgan fingerprint density at radius 3 is 2.75 bits per heavy atom. The number of hydrogen-bond acceptors (Lipinski definition) is 6. The number of aromatic nitrogens is 4. The van der Waals surface area contributed by atoms with Gasteiger partial charge in [0, 0.05) is 62.7 Å². The van der Waals surface area contributed by atoms with E-state index in [0.29, 0.717) is 42.6 Å². The van der Waals surface area contributed by atoms with E-state index < -0.39 is 8.07 Å². The number of nitriles is 1. The van der Waals surface area contributed by atoms with E-state index in [2.05, 4.69) is 46.0 Å². The summed E-state index contributed by atoms with van der Waals surface area (Å²) in [5.41, 5.74) is 1.53. The van der Waals surface area contributed by atoms with Gasteiger partial charge in [-0.05, 0) is 38.0 Å². The summed E-state index contributed by atoms with van der Waals surface area (Å²) in [5, 5.41) is 18.4. The Morgan fingerprint density at radius 1 is 1.25 bits per heavy atom. The van der Waals surface area contributed by atoms with Gasteiger partial charge in [-0.25, -0.2) is 9.37 Å². The molecule has 3 aromatic heterocycles. The Morgan fingerprint density at radius 2 is 2.03 bits per heavy atom. The maximum absolute atomic E-state index is 15.1. The van der Waals surface area contributed by atoms with Gasteiger partial charge in [-0.15, -0.1) is 0 Å². The van der Waals surface area contributed by atoms with Crippen molar-refractivity contribution in [2.45, 2.75) is 63.3 Å². The first kappa shape index (κ1) is 25.1. The van der Waals surface area contributed by atoms with Crippen LogP contribution in [-0.4, -0.2) is 71.1 Å². The van der Waals surface area contributed by atoms with E-state index >= 15 is 4.39 Å². The zero-order valence-electron chi connectivity index (χ0n) is 21.5. The predicted octanol–water partition coefficient (Wildman–Crippen LogP) is 4.03. The minimum Gasteiger partial charge on any atom is -0.361 e. The van der Waals surface area contributed by atoms with Crippen molar-refractivity contribution < 1.29 is 9.13 Å². The van der Waals surface area contributed by atoms with Crippen LogP contribution in [0.15, 0.2) is 30.9 Å². The van der Waals surface area contributed by atoms with E-state index in [-0.39, 0.29) is 11.4 Å². The van der Waals surface area contributed by atoms with Crippen LogP contribution in [0.2, 0.25) is 25.7 Å². The normalized spacial score (nSPS) is 18.9. The number of piperidine rings is 1. The number of ether oxygens (including phenoxy) is 1. The number of hydrogen-bond donors (Lipinski definition) is 1. The van der Waals surface area contributed by atoms with Crippen LogP contribution < -0.4 is 5.32 Å². The topological polar surface area (TPSA) is 83.9 Å². The molecule has 10 heteroatoms. The number of halogens is 1. The van der Waals surface area contributed by atoms with Crippen molar-refractivity contribution in [3.05, 3.63) is 36.7 Å². The molecule has 5 rings (SSSR count). The van der Waals surface area contributed by atoms with Crippen LogP contribution >= 0.6 is 0 Å². The molecule has 0 unspecified atom stereocenters. The SMILES string of the molecule is C[Si](C)(C)CCOCn1ccc2c(-c3cnn(C4(CC#N)CN(C5CCNCC5)C4)c3)c(F)cnc21. The minimum absolute atomic E-state index is 0.364. The maximum atomic E-state index is 15.1. The Balaban J connectivity index is 1.36. The summed E-state index contributed by atoms with van der Waals surface area (Å²) in [6, 6.07) is 5.91. The van der Waals surface area contributed by atoms with E-state index in [9.17, 15) is 5.26 Å². The average Bonchev–Trinajstić information content (AvgIpc) is 3.46. The second kappa shape index (κ2) is 10.1. The van der Waals surface area contributed by atoms with E-state index in [1.54, 1.807) is 6.20 Å². The zero-order valence-corrected chi connectivity index (χ0v) is 22.5. The lowest BCUT2D eigenvalue weighted by Crippen LogP contribution is -2.66. The van der Waals surface area contributed by atoms with Gasteiger partial charge in [0.25, 0.3) is 0 Å². The molecule has 36 heavy (non-hydrogen) atoms. The van der Waals surface area contributed by atoms with Crippen LogP contribution in [0.1, 0.15) is 19.3 Å². The quantitative estimate of drug-likeness (QED) is 0.346. The van der Waals surface area contributed by atoms with Crippen LogP contribution in [0.3, 0.4) is 0 Å². The van der Waals surface area contributed by atoms with Gasteiger partial charge in [0.1, 0.15) is 23.7 Å². The highest BCUT2D eigenvalue weighted by Gasteiger charge is 2.47. The smallest absolute Gasteiger partial charge is 0.150 e. The van der Waals surface area contributed by atoms with Crippen molar-refractivity contribution in [3.63, 3.8) is 0 Å². The summed E-state index contributed by atoms with van der Waals surface area (Å²) in [5.74, 6) is -0.376. The summed E-state index contributed by atoms with van der Waals surface area (Å²) in [6.45, 7) is 11.8. The summed E-state index contributed by atoms with van der Waals surface area (Å²) in [4.78, 5) is 6.83. The fourth-order valence-corrected chi connectivity index (χ4v) is 6.15. The largest absolute Gasteiger partial charge is 0.361 e. The van der Waals surface area contributed by atoms with Crippen molar-refractivity contribution in [1.29, 1.82) is 5.26 Å². The monoisotopic (exact) mass is 509 g/mol. The molecular weight excluding hydrogens is 473 g/mol. The highest BCUT2D eigenvalue weighted by atomic mass is 28.3. The molecule has 1 N–H and O–H groups in total. The van der Waals surface area contributed by atoms with Gasteiger partial charge >= 0.3 is 0 Å². The van der Waals surface area contributed by atoms with Gasteiger partial charge < -0.3 is 14.6 Å². The van der Waals surface area contributed by atoms with Crippen LogP contribution in [-0.2, 0) is 17.0 Å². The van der Waals surface area contributed by atoms with E-state index in [1.807, 2.05) is 27.7 Å². The Labute approximate surface area is 213 Å². The standard InChI is InChI=1S/C26H36FN7OSi/c1-36(2,3)13-12-35-19-32-11-6-22-24(23(27)15-30-25(22)32)20-14-31-34(16-20)26(7-8-28)17-33(18-26)21-4-9-29-10-5-21/h6,11,14-16,21,29H,4-5,7,9-10,12-13,17-19H2,1-3H3. The molecule has 0 saturated carbocycles. The molecule has 5 heterocycles. The molecular formula is C26H36FN7OSi. The third-order valence-electron chi connectivity index (χ3n) is 7.55. The number of nitrogens with one attached hydrogen (secondary N) is 1. The van der Waals surface area contributed by atoms with E-state index in [0.717, 1.165) is 50.5 Å². The molecule has 0 radical (unpaired) electrons. The number of nitrogens with zero attached hydrogens (tertiary/aromatic N) is 6. The van der Waals surface area contributed by atoms with Crippen molar-refractivity contribution >= 4 is 19.1 Å². The molecule has 0 bridgehead atoms. The maximum Gasteiger partial charge on any atom is 0.150 e. The van der Waals surface area contributed by atoms with Crippen LogP contribution in [0.4, 0.5) is 4.39 Å². The molecule has 2 aliphatic rings. The molecule has 0 amide bonds. The molecule has 2 saturated heterocycles. The molecule has 3 aromatic rings. The molecule has 2 aliphatic heterocycles. The fraction of sp³-hybridized carbons (Fsp3) is 0.577. The number of fused-ring (bicyclic) bond motifs is 1. The molecule has 0 spiro atoms. The number of pyridine rings is 1. The molecule has 0 aliphatic carbocycles. The lowest BCUT2D eigenvalue weighted by molar-refractivity contribution is -0.0339. The summed E-state index contributed by atoms with van der Waals surface area (Å²) in [6.07, 6.45) is 9.44. The van der Waals surface area contributed by atoms with Gasteiger partial charge in [-0.3, -0.25) is 9.58 Å². The minimum atomic E-state index is -1.16. The predicted molar refractivity (Wildman–Crippen MR) is 141 cm³/mol. The first-order valence-electron chi connectivity index (χ1n) is 12.9. The Hall–Kier alpha value is -2.58. The van der Waals surface area contributed by atoms with Gasteiger partial charge in [-0.1, -0.05) is 19.6 Å². The van der Waals surface area contributed by atoms with Crippen molar-refractivity contribution in [3.8, 4) is 17.2 Å². The summed E-state index contributed by atoms with van der Waals surface area (Å²) < 4.78 is 24.8. The third kappa shape index (κ3) is 4.98. The second-order valence-corrected chi connectivity index (χ2v) is 17.1. The lowest BCUT2D eigenvalue weighted by Gasteiger charge is -2.53. The zero-order chi connectivity index (χ0) is 25.3. The average molecular weight is 510 g/mol. The number of rotatable bonds is 9. The lowest BCUT2D eigenvalue weighted by atomic mass is 9.84. The summed E-state index contributed by atoms with van der Waals surface area (Å²) >= 11 is 0. The molecule has 2 fully saturated rings. The highest BCUT2D eigenvalue weighted by Crippen LogP contribution is 2.37. The van der Waals surface area contributed by atoms with Gasteiger partial charge in [0.15, 0.2) is 0 Å². The van der Waals surface area contributed by atoms with Gasteiger partial charge in [-0.2, -0.15) is 10.4 Å². The van der Waals surface area contributed by atoms with Gasteiger partial charge in [0.05, 0.1) is 24.9 Å². The van der Waals surface area contributed by atoms with Crippen LogP contribution in [0, 0.1) is 17.1 Å². The first-order chi connectivity index (χ1) is 17.3. The Kier molecular flexibility index (Phi) is 7.00.